The molecule has 0 heterocycles. The fraction of sp³-hybridized carbons (Fsp3) is 0.423. The van der Waals surface area contributed by atoms with E-state index in [9.17, 15) is 14.4 Å². The van der Waals surface area contributed by atoms with E-state index >= 15 is 0 Å². The quantitative estimate of drug-likeness (QED) is 0.554. The van der Waals surface area contributed by atoms with E-state index < -0.39 is 23.5 Å². The molecule has 0 aromatic heterocycles. The van der Waals surface area contributed by atoms with E-state index in [-0.39, 0.29) is 30.9 Å². The van der Waals surface area contributed by atoms with Crippen LogP contribution in [0.25, 0.3) is 11.1 Å². The average molecular weight is 453 g/mol. The summed E-state index contributed by atoms with van der Waals surface area (Å²) in [5.74, 6) is -1.35. The minimum absolute atomic E-state index is 0.0402. The molecule has 1 unspecified atom stereocenters. The molecule has 0 bridgehead atoms. The van der Waals surface area contributed by atoms with E-state index in [0.717, 1.165) is 22.3 Å². The minimum Gasteiger partial charge on any atom is -0.481 e. The lowest BCUT2D eigenvalue weighted by atomic mass is 9.86. The molecule has 176 valence electrons. The third-order valence-corrected chi connectivity index (χ3v) is 5.91. The van der Waals surface area contributed by atoms with Crippen molar-refractivity contribution in [2.45, 2.75) is 58.5 Å². The molecule has 0 aliphatic heterocycles. The summed E-state index contributed by atoms with van der Waals surface area (Å²) in [6, 6.07) is 15.0. The molecule has 3 N–H and O–H groups in total. The van der Waals surface area contributed by atoms with E-state index in [2.05, 4.69) is 22.8 Å². The highest BCUT2D eigenvalue weighted by molar-refractivity contribution is 5.86. The van der Waals surface area contributed by atoms with Gasteiger partial charge >= 0.3 is 12.1 Å². The molecule has 2 aromatic rings. The number of benzene rings is 2. The number of hydrogen-bond acceptors (Lipinski definition) is 4. The maximum atomic E-state index is 12.8. The predicted octanol–water partition coefficient (Wildman–Crippen LogP) is 4.31. The first kappa shape index (κ1) is 24.3. The lowest BCUT2D eigenvalue weighted by Crippen LogP contribution is -2.55. The molecule has 7 heteroatoms. The molecule has 33 heavy (non-hydrogen) atoms. The van der Waals surface area contributed by atoms with E-state index in [1.165, 1.54) is 0 Å². The van der Waals surface area contributed by atoms with Crippen LogP contribution in [0.5, 0.6) is 0 Å². The van der Waals surface area contributed by atoms with E-state index in [1.54, 1.807) is 6.92 Å². The zero-order valence-electron chi connectivity index (χ0n) is 19.6. The third-order valence-electron chi connectivity index (χ3n) is 5.91. The molecule has 1 aliphatic rings. The molecule has 2 amide bonds. The van der Waals surface area contributed by atoms with Gasteiger partial charge in [0.1, 0.15) is 12.6 Å². The van der Waals surface area contributed by atoms with Gasteiger partial charge in [0.2, 0.25) is 5.91 Å². The second-order valence-electron chi connectivity index (χ2n) is 9.61. The summed E-state index contributed by atoms with van der Waals surface area (Å²) in [7, 11) is 0. The Morgan fingerprint density at radius 1 is 0.970 bits per heavy atom. The standard InChI is InChI=1S/C26H32N2O5/c1-16(13-14-22(29)30)27-24(31)23(26(2,3)4)28-25(32)33-15-21-19-11-7-5-9-17(19)18-10-6-8-12-20(18)21/h5-12,16,21,23H,13-15H2,1-4H3,(H,27,31)(H,28,32)(H,29,30)/t16?,23-/m1/s1. The lowest BCUT2D eigenvalue weighted by molar-refractivity contribution is -0.137. The third kappa shape index (κ3) is 5.92. The number of fused-ring (bicyclic) bond motifs is 3. The summed E-state index contributed by atoms with van der Waals surface area (Å²) in [4.78, 5) is 36.3. The van der Waals surface area contributed by atoms with Crippen LogP contribution in [-0.4, -0.2) is 41.8 Å². The van der Waals surface area contributed by atoms with Crippen LogP contribution in [0.15, 0.2) is 48.5 Å². The molecule has 0 saturated heterocycles. The smallest absolute Gasteiger partial charge is 0.407 e. The van der Waals surface area contributed by atoms with Crippen LogP contribution >= 0.6 is 0 Å². The number of aliphatic carboxylic acids is 1. The fourth-order valence-electron chi connectivity index (χ4n) is 4.17. The van der Waals surface area contributed by atoms with Crippen molar-refractivity contribution in [3.63, 3.8) is 0 Å². The summed E-state index contributed by atoms with van der Waals surface area (Å²) >= 11 is 0. The van der Waals surface area contributed by atoms with Crippen molar-refractivity contribution in [1.82, 2.24) is 10.6 Å². The summed E-state index contributed by atoms with van der Waals surface area (Å²) in [5, 5.41) is 14.3. The van der Waals surface area contributed by atoms with Gasteiger partial charge in [-0.2, -0.15) is 0 Å². The number of rotatable bonds is 8. The number of ether oxygens (including phenoxy) is 1. The Morgan fingerprint density at radius 3 is 2.03 bits per heavy atom. The van der Waals surface area contributed by atoms with Crippen LogP contribution in [-0.2, 0) is 14.3 Å². The minimum atomic E-state index is -0.916. The first-order valence-corrected chi connectivity index (χ1v) is 11.2. The van der Waals surface area contributed by atoms with Gasteiger partial charge in [0.25, 0.3) is 0 Å². The van der Waals surface area contributed by atoms with E-state index in [1.807, 2.05) is 57.2 Å². The van der Waals surface area contributed by atoms with Gasteiger partial charge < -0.3 is 20.5 Å². The molecule has 0 fully saturated rings. The second kappa shape index (κ2) is 10.1. The molecule has 1 aliphatic carbocycles. The molecule has 7 nitrogen and oxygen atoms in total. The number of carbonyl (C=O) groups excluding carboxylic acids is 2. The monoisotopic (exact) mass is 452 g/mol. The maximum Gasteiger partial charge on any atom is 0.407 e. The van der Waals surface area contributed by atoms with Gasteiger partial charge in [-0.25, -0.2) is 4.79 Å². The van der Waals surface area contributed by atoms with Gasteiger partial charge in [-0.15, -0.1) is 0 Å². The number of hydrogen-bond donors (Lipinski definition) is 3. The first-order chi connectivity index (χ1) is 15.6. The van der Waals surface area contributed by atoms with Gasteiger partial charge in [-0.3, -0.25) is 9.59 Å². The van der Waals surface area contributed by atoms with Crippen LogP contribution in [0, 0.1) is 5.41 Å². The van der Waals surface area contributed by atoms with Gasteiger partial charge in [0.15, 0.2) is 0 Å². The zero-order chi connectivity index (χ0) is 24.2. The van der Waals surface area contributed by atoms with Crippen molar-refractivity contribution in [3.05, 3.63) is 59.7 Å². The second-order valence-corrected chi connectivity index (χ2v) is 9.61. The van der Waals surface area contributed by atoms with Crippen molar-refractivity contribution in [3.8, 4) is 11.1 Å². The van der Waals surface area contributed by atoms with Gasteiger partial charge in [-0.05, 0) is 41.0 Å². The van der Waals surface area contributed by atoms with E-state index in [0.29, 0.717) is 6.42 Å². The summed E-state index contributed by atoms with van der Waals surface area (Å²) in [6.45, 7) is 7.45. The number of amides is 2. The van der Waals surface area contributed by atoms with Crippen LogP contribution in [0.2, 0.25) is 0 Å². The molecule has 2 aromatic carbocycles. The summed E-state index contributed by atoms with van der Waals surface area (Å²) in [5.41, 5.74) is 3.95. The van der Waals surface area contributed by atoms with Gasteiger partial charge in [0.05, 0.1) is 0 Å². The Morgan fingerprint density at radius 2 is 1.52 bits per heavy atom. The summed E-state index contributed by atoms with van der Waals surface area (Å²) in [6.07, 6.45) is -0.394. The maximum absolute atomic E-state index is 12.8. The molecule has 0 spiro atoms. The van der Waals surface area contributed by atoms with Crippen LogP contribution < -0.4 is 10.6 Å². The van der Waals surface area contributed by atoms with Crippen LogP contribution in [0.4, 0.5) is 4.79 Å². The Kier molecular flexibility index (Phi) is 7.41. The topological polar surface area (TPSA) is 105 Å². The van der Waals surface area contributed by atoms with Crippen LogP contribution in [0.3, 0.4) is 0 Å². The van der Waals surface area contributed by atoms with Gasteiger partial charge in [-0.1, -0.05) is 69.3 Å². The number of carboxylic acid groups (broad SMARTS) is 1. The van der Waals surface area contributed by atoms with Crippen molar-refractivity contribution >= 4 is 18.0 Å². The van der Waals surface area contributed by atoms with Gasteiger partial charge in [0, 0.05) is 18.4 Å². The zero-order valence-corrected chi connectivity index (χ0v) is 19.6. The van der Waals surface area contributed by atoms with Crippen molar-refractivity contribution < 1.29 is 24.2 Å². The Hall–Kier alpha value is -3.35. The highest BCUT2D eigenvalue weighted by atomic mass is 16.5. The first-order valence-electron chi connectivity index (χ1n) is 11.2. The largest absolute Gasteiger partial charge is 0.481 e. The number of carboxylic acids is 1. The van der Waals surface area contributed by atoms with Crippen molar-refractivity contribution in [1.29, 1.82) is 0 Å². The number of nitrogens with one attached hydrogen (secondary N) is 2. The van der Waals surface area contributed by atoms with Crippen molar-refractivity contribution in [2.24, 2.45) is 5.41 Å². The molecule has 0 saturated carbocycles. The molecular weight excluding hydrogens is 420 g/mol. The lowest BCUT2D eigenvalue weighted by Gasteiger charge is -2.31. The predicted molar refractivity (Wildman–Crippen MR) is 126 cm³/mol. The summed E-state index contributed by atoms with van der Waals surface area (Å²) < 4.78 is 5.59. The Balaban J connectivity index is 1.64. The normalized spacial score (nSPS) is 14.5. The van der Waals surface area contributed by atoms with Crippen LogP contribution in [0.1, 0.15) is 57.6 Å². The highest BCUT2D eigenvalue weighted by Crippen LogP contribution is 2.44. The van der Waals surface area contributed by atoms with Crippen molar-refractivity contribution in [2.75, 3.05) is 6.61 Å². The number of carbonyl (C=O) groups is 3. The molecular formula is C26H32N2O5. The molecule has 3 rings (SSSR count). The molecule has 2 atom stereocenters. The Bertz CT molecular complexity index is 982. The highest BCUT2D eigenvalue weighted by Gasteiger charge is 2.35. The SMILES string of the molecule is CC(CCC(=O)O)NC(=O)[C@@H](NC(=O)OCC1c2ccccc2-c2ccccc21)C(C)(C)C. The molecule has 0 radical (unpaired) electrons. The van der Waals surface area contributed by atoms with E-state index in [4.69, 9.17) is 9.84 Å². The average Bonchev–Trinajstić information content (AvgIpc) is 3.07. The number of alkyl carbamates (subject to hydrolysis) is 1. The Labute approximate surface area is 194 Å². The fourth-order valence-corrected chi connectivity index (χ4v) is 4.17.